The fourth-order valence-corrected chi connectivity index (χ4v) is 1.67. The summed E-state index contributed by atoms with van der Waals surface area (Å²) in [5.41, 5.74) is 0. The molecule has 0 aliphatic rings. The van der Waals surface area contributed by atoms with Crippen molar-refractivity contribution in [2.24, 2.45) is 0 Å². The summed E-state index contributed by atoms with van der Waals surface area (Å²) in [5.74, 6) is 0. The molecular formula is C6H5AsCl+. The number of hydrogen-bond acceptors (Lipinski definition) is 0. The molecule has 0 saturated heterocycles. The van der Waals surface area contributed by atoms with Crippen LogP contribution in [-0.4, -0.2) is 14.8 Å². The van der Waals surface area contributed by atoms with Gasteiger partial charge >= 0.3 is 59.4 Å². The summed E-state index contributed by atoms with van der Waals surface area (Å²) in [6.45, 7) is 0. The fourth-order valence-electron chi connectivity index (χ4n) is 0.484. The van der Waals surface area contributed by atoms with Gasteiger partial charge in [-0.05, 0) is 0 Å². The summed E-state index contributed by atoms with van der Waals surface area (Å²) in [4.78, 5) is 0. The predicted molar refractivity (Wildman–Crippen MR) is 37.7 cm³/mol. The molecule has 0 spiro atoms. The van der Waals surface area contributed by atoms with Crippen molar-refractivity contribution in [1.29, 1.82) is 0 Å². The van der Waals surface area contributed by atoms with Gasteiger partial charge in [0.2, 0.25) is 0 Å². The summed E-state index contributed by atoms with van der Waals surface area (Å²) >= 11 is -0.0958. The van der Waals surface area contributed by atoms with Crippen molar-refractivity contribution in [3.63, 3.8) is 0 Å². The molecule has 1 aromatic rings. The van der Waals surface area contributed by atoms with E-state index >= 15 is 0 Å². The second kappa shape index (κ2) is 3.17. The van der Waals surface area contributed by atoms with Crippen molar-refractivity contribution in [3.05, 3.63) is 30.3 Å². The summed E-state index contributed by atoms with van der Waals surface area (Å²) < 4.78 is 1.27. The van der Waals surface area contributed by atoms with Crippen LogP contribution in [0.1, 0.15) is 0 Å². The van der Waals surface area contributed by atoms with Crippen LogP contribution in [0.15, 0.2) is 30.3 Å². The van der Waals surface area contributed by atoms with Crippen LogP contribution in [0.5, 0.6) is 0 Å². The van der Waals surface area contributed by atoms with Gasteiger partial charge in [0.05, 0.1) is 0 Å². The summed E-state index contributed by atoms with van der Waals surface area (Å²) in [7, 11) is 5.62. The van der Waals surface area contributed by atoms with Gasteiger partial charge in [-0.2, -0.15) is 0 Å². The van der Waals surface area contributed by atoms with E-state index in [1.54, 1.807) is 0 Å². The maximum absolute atomic E-state index is 5.62. The standard InChI is InChI=1S/C6H5AsCl/c8-7-6-4-2-1-3-5-6/h1-5H/q+1. The van der Waals surface area contributed by atoms with Crippen molar-refractivity contribution in [3.8, 4) is 0 Å². The van der Waals surface area contributed by atoms with Crippen molar-refractivity contribution in [2.45, 2.75) is 0 Å². The van der Waals surface area contributed by atoms with Gasteiger partial charge in [0, 0.05) is 0 Å². The van der Waals surface area contributed by atoms with E-state index in [4.69, 9.17) is 9.95 Å². The molecule has 0 atom stereocenters. The Hall–Kier alpha value is 0.0684. The summed E-state index contributed by atoms with van der Waals surface area (Å²) in [6.07, 6.45) is 0. The zero-order chi connectivity index (χ0) is 5.82. The van der Waals surface area contributed by atoms with E-state index in [2.05, 4.69) is 0 Å². The van der Waals surface area contributed by atoms with Crippen molar-refractivity contribution in [2.75, 3.05) is 0 Å². The first-order chi connectivity index (χ1) is 3.93. The van der Waals surface area contributed by atoms with Crippen LogP contribution in [0.3, 0.4) is 0 Å². The monoisotopic (exact) mass is 187 g/mol. The molecule has 2 radical (unpaired) electrons. The van der Waals surface area contributed by atoms with Gasteiger partial charge in [-0.1, -0.05) is 0 Å². The van der Waals surface area contributed by atoms with E-state index in [1.807, 2.05) is 30.3 Å². The van der Waals surface area contributed by atoms with Gasteiger partial charge in [-0.25, -0.2) is 0 Å². The number of halogens is 1. The zero-order valence-corrected chi connectivity index (χ0v) is 6.84. The SMILES string of the molecule is Cl[As+]c1ccccc1. The first-order valence-corrected chi connectivity index (χ1v) is 5.71. The van der Waals surface area contributed by atoms with Crippen LogP contribution < -0.4 is 4.35 Å². The average Bonchev–Trinajstić information content (AvgIpc) is 1.90. The van der Waals surface area contributed by atoms with Gasteiger partial charge in [0.15, 0.2) is 0 Å². The van der Waals surface area contributed by atoms with Crippen LogP contribution in [0, 0.1) is 0 Å². The molecule has 1 aromatic carbocycles. The van der Waals surface area contributed by atoms with E-state index in [0.29, 0.717) is 0 Å². The maximum atomic E-state index is 5.62. The molecule has 0 amide bonds. The van der Waals surface area contributed by atoms with Crippen molar-refractivity contribution < 1.29 is 0 Å². The molecule has 0 aliphatic heterocycles. The molecule has 0 bridgehead atoms. The van der Waals surface area contributed by atoms with E-state index in [9.17, 15) is 0 Å². The van der Waals surface area contributed by atoms with Gasteiger partial charge in [-0.3, -0.25) is 0 Å². The Kier molecular flexibility index (Phi) is 2.45. The van der Waals surface area contributed by atoms with E-state index in [1.165, 1.54) is 4.35 Å². The van der Waals surface area contributed by atoms with Crippen LogP contribution in [0.25, 0.3) is 0 Å². The topological polar surface area (TPSA) is 0 Å². The predicted octanol–water partition coefficient (Wildman–Crippen LogP) is 1.17. The Morgan fingerprint density at radius 2 is 1.75 bits per heavy atom. The molecule has 0 saturated carbocycles. The van der Waals surface area contributed by atoms with E-state index in [-0.39, 0.29) is 14.8 Å². The third-order valence-corrected chi connectivity index (χ3v) is 2.90. The number of hydrogen-bond donors (Lipinski definition) is 0. The van der Waals surface area contributed by atoms with Gasteiger partial charge in [0.25, 0.3) is 0 Å². The Balaban J connectivity index is 2.83. The van der Waals surface area contributed by atoms with Crippen LogP contribution >= 0.6 is 9.95 Å². The Bertz CT molecular complexity index is 150. The molecule has 0 heterocycles. The normalized spacial score (nSPS) is 10.6. The average molecular weight is 187 g/mol. The van der Waals surface area contributed by atoms with Crippen LogP contribution in [0.2, 0.25) is 0 Å². The summed E-state index contributed by atoms with van der Waals surface area (Å²) in [5, 5.41) is 0. The molecule has 0 fully saturated rings. The molecule has 0 nitrogen and oxygen atoms in total. The van der Waals surface area contributed by atoms with Gasteiger partial charge in [0.1, 0.15) is 0 Å². The van der Waals surface area contributed by atoms with Gasteiger partial charge < -0.3 is 0 Å². The molecule has 40 valence electrons. The molecule has 2 heteroatoms. The second-order valence-electron chi connectivity index (χ2n) is 1.42. The van der Waals surface area contributed by atoms with E-state index in [0.717, 1.165) is 0 Å². The third kappa shape index (κ3) is 1.54. The van der Waals surface area contributed by atoms with Crippen molar-refractivity contribution in [1.82, 2.24) is 0 Å². The molecule has 0 aromatic heterocycles. The fraction of sp³-hybridized carbons (Fsp3) is 0. The quantitative estimate of drug-likeness (QED) is 0.579. The Morgan fingerprint density at radius 1 is 1.12 bits per heavy atom. The minimum atomic E-state index is -0.0958. The number of rotatable bonds is 1. The number of benzene rings is 1. The molecule has 0 aliphatic carbocycles. The summed E-state index contributed by atoms with van der Waals surface area (Å²) in [6, 6.07) is 10.1. The van der Waals surface area contributed by atoms with Crippen LogP contribution in [0.4, 0.5) is 0 Å². The molecule has 0 N–H and O–H groups in total. The third-order valence-electron chi connectivity index (χ3n) is 0.854. The van der Waals surface area contributed by atoms with Crippen LogP contribution in [-0.2, 0) is 0 Å². The van der Waals surface area contributed by atoms with Gasteiger partial charge in [-0.15, -0.1) is 0 Å². The van der Waals surface area contributed by atoms with Crippen molar-refractivity contribution >= 4 is 29.1 Å². The first kappa shape index (κ1) is 6.19. The molecular weight excluding hydrogens is 182 g/mol. The zero-order valence-electron chi connectivity index (χ0n) is 4.21. The van der Waals surface area contributed by atoms with E-state index < -0.39 is 0 Å². The molecule has 1 rings (SSSR count). The minimum absolute atomic E-state index is 0.0958. The first-order valence-electron chi connectivity index (χ1n) is 2.30. The molecule has 0 unspecified atom stereocenters. The second-order valence-corrected chi connectivity index (χ2v) is 3.74. The molecule has 8 heavy (non-hydrogen) atoms. The Morgan fingerprint density at radius 3 is 2.12 bits per heavy atom. The Labute approximate surface area is 59.7 Å².